The van der Waals surface area contributed by atoms with Gasteiger partial charge in [0.25, 0.3) is 0 Å². The number of nitrogens with zero attached hydrogens (tertiary/aromatic N) is 4. The summed E-state index contributed by atoms with van der Waals surface area (Å²) in [7, 11) is 0. The number of thiocyanates is 2. The Morgan fingerprint density at radius 1 is 0.632 bits per heavy atom. The molecule has 0 aliphatic carbocycles. The van der Waals surface area contributed by atoms with E-state index in [1.165, 1.54) is 49.3 Å². The van der Waals surface area contributed by atoms with Gasteiger partial charge in [0.2, 0.25) is 0 Å². The summed E-state index contributed by atoms with van der Waals surface area (Å²) in [5, 5.41) is 25.3. The average Bonchev–Trinajstić information content (AvgIpc) is 2.45. The molecule has 0 bridgehead atoms. The van der Waals surface area contributed by atoms with E-state index in [1.54, 1.807) is 0 Å². The van der Waals surface area contributed by atoms with Crippen molar-refractivity contribution in [3.05, 3.63) is 10.6 Å². The molecule has 2 fully saturated rings. The van der Waals surface area contributed by atoms with Gasteiger partial charge in [0.05, 0.1) is 0 Å². The van der Waals surface area contributed by atoms with Crippen LogP contribution < -0.4 is 0 Å². The second-order valence-electron chi connectivity index (χ2n) is 3.65. The van der Waals surface area contributed by atoms with Crippen molar-refractivity contribution in [2.45, 2.75) is 38.5 Å². The summed E-state index contributed by atoms with van der Waals surface area (Å²) >= 11 is 7.40. The molecule has 0 amide bonds. The normalized spacial score (nSPS) is 15.9. The van der Waals surface area contributed by atoms with Crippen LogP contribution in [0.5, 0.6) is 0 Å². The molecule has 2 heterocycles. The number of hydrogen-bond donors (Lipinski definition) is 0. The first-order valence-corrected chi connectivity index (χ1v) is 6.94. The minimum absolute atomic E-state index is 0. The standard InChI is InChI=1S/2C5H10N.2CHNS.Cd/c2*1-2-4-6-5-3-1;2*2-1-3;/h2*1-5H2;2*3H;/q2*-1;;;/p-2. The van der Waals surface area contributed by atoms with Gasteiger partial charge in [0.1, 0.15) is 0 Å². The van der Waals surface area contributed by atoms with Crippen LogP contribution in [0.15, 0.2) is 0 Å². The Morgan fingerprint density at radius 3 is 0.895 bits per heavy atom. The van der Waals surface area contributed by atoms with E-state index in [0.29, 0.717) is 0 Å². The van der Waals surface area contributed by atoms with Crippen molar-refractivity contribution < 1.29 is 27.3 Å². The van der Waals surface area contributed by atoms with E-state index in [-0.39, 0.29) is 27.3 Å². The van der Waals surface area contributed by atoms with E-state index in [1.807, 2.05) is 0 Å². The molecule has 0 atom stereocenters. The van der Waals surface area contributed by atoms with E-state index in [2.05, 4.69) is 35.9 Å². The molecule has 2 aliphatic rings. The van der Waals surface area contributed by atoms with Crippen LogP contribution in [0, 0.1) is 21.3 Å². The van der Waals surface area contributed by atoms with E-state index >= 15 is 0 Å². The summed E-state index contributed by atoms with van der Waals surface area (Å²) in [5.74, 6) is 0. The molecule has 0 spiro atoms. The fourth-order valence-electron chi connectivity index (χ4n) is 1.47. The largest absolute Gasteiger partial charge is 0.696 e. The molecule has 2 saturated heterocycles. The summed E-state index contributed by atoms with van der Waals surface area (Å²) in [5.41, 5.74) is 0. The molecule has 0 unspecified atom stereocenters. The molecule has 0 aromatic carbocycles. The van der Waals surface area contributed by atoms with Crippen LogP contribution >= 0.6 is 0 Å². The average molecular weight is 397 g/mol. The van der Waals surface area contributed by atoms with Crippen LogP contribution in [0.2, 0.25) is 0 Å². The summed E-state index contributed by atoms with van der Waals surface area (Å²) in [6, 6.07) is 0. The molecule has 106 valence electrons. The van der Waals surface area contributed by atoms with Crippen molar-refractivity contribution in [3.8, 4) is 10.8 Å². The number of hydrogen-bond acceptors (Lipinski definition) is 4. The van der Waals surface area contributed by atoms with Crippen molar-refractivity contribution in [1.82, 2.24) is 0 Å². The quantitative estimate of drug-likeness (QED) is 0.358. The second-order valence-corrected chi connectivity index (χ2v) is 4.01. The van der Waals surface area contributed by atoms with Crippen molar-refractivity contribution in [2.24, 2.45) is 0 Å². The van der Waals surface area contributed by atoms with Crippen molar-refractivity contribution in [2.75, 3.05) is 26.2 Å². The van der Waals surface area contributed by atoms with Crippen molar-refractivity contribution in [3.63, 3.8) is 0 Å². The summed E-state index contributed by atoms with van der Waals surface area (Å²) < 4.78 is 0. The van der Waals surface area contributed by atoms with Gasteiger partial charge in [-0.3, -0.25) is 0 Å². The van der Waals surface area contributed by atoms with Gasteiger partial charge < -0.3 is 35.9 Å². The third-order valence-corrected chi connectivity index (χ3v) is 2.26. The molecule has 2 aliphatic heterocycles. The summed E-state index contributed by atoms with van der Waals surface area (Å²) in [6.07, 6.45) is 8.15. The van der Waals surface area contributed by atoms with Gasteiger partial charge >= 0.3 is 0 Å². The molecule has 0 saturated carbocycles. The Labute approximate surface area is 148 Å². The molecule has 7 heteroatoms. The van der Waals surface area contributed by atoms with E-state index < -0.39 is 0 Å². The zero-order valence-corrected chi connectivity index (χ0v) is 17.1. The monoisotopic (exact) mass is 398 g/mol. The van der Waals surface area contributed by atoms with Gasteiger partial charge in [0.15, 0.2) is 0 Å². The van der Waals surface area contributed by atoms with Crippen LogP contribution in [0.3, 0.4) is 0 Å². The Hall–Kier alpha value is 0.262. The van der Waals surface area contributed by atoms with Gasteiger partial charge in [-0.25, -0.2) is 10.5 Å². The zero-order chi connectivity index (χ0) is 13.9. The second kappa shape index (κ2) is 26.8. The smallest absolute Gasteiger partial charge is 0 e. The molecule has 0 radical (unpaired) electrons. The predicted molar refractivity (Wildman–Crippen MR) is 79.8 cm³/mol. The Balaban J connectivity index is -0.000000188. The number of piperidine rings is 2. The maximum absolute atomic E-state index is 7.13. The molecule has 4 nitrogen and oxygen atoms in total. The van der Waals surface area contributed by atoms with Crippen LogP contribution in [0.25, 0.3) is 10.6 Å². The van der Waals surface area contributed by atoms with Gasteiger partial charge in [-0.05, 0) is 0 Å². The molecule has 2 rings (SSSR count). The summed E-state index contributed by atoms with van der Waals surface area (Å²) in [4.78, 5) is 0. The minimum Gasteiger partial charge on any atom is -0.696 e. The van der Waals surface area contributed by atoms with Gasteiger partial charge in [-0.15, -0.1) is 26.2 Å². The SMILES string of the molecule is C1CC[N-]CC1.C1CC[N-]CC1.N#C[S-].N#C[S-].[Cd]. The van der Waals surface area contributed by atoms with Crippen molar-refractivity contribution >= 4 is 25.3 Å². The maximum atomic E-state index is 7.13. The third kappa shape index (κ3) is 32.1. The van der Waals surface area contributed by atoms with E-state index in [0.717, 1.165) is 26.2 Å². The first-order valence-electron chi connectivity index (χ1n) is 6.12. The summed E-state index contributed by atoms with van der Waals surface area (Å²) in [6.45, 7) is 4.50. The fraction of sp³-hybridized carbons (Fsp3) is 0.833. The van der Waals surface area contributed by atoms with Gasteiger partial charge in [-0.2, -0.15) is 0 Å². The van der Waals surface area contributed by atoms with E-state index in [9.17, 15) is 0 Å². The minimum atomic E-state index is 0. The first-order chi connectivity index (χ1) is 8.83. The molecule has 0 aromatic rings. The molecule has 19 heavy (non-hydrogen) atoms. The van der Waals surface area contributed by atoms with E-state index in [4.69, 9.17) is 10.5 Å². The van der Waals surface area contributed by atoms with Crippen molar-refractivity contribution in [1.29, 1.82) is 10.5 Å². The Bertz CT molecular complexity index is 174. The number of nitriles is 2. The molecule has 0 aromatic heterocycles. The molecular weight excluding hydrogens is 377 g/mol. The van der Waals surface area contributed by atoms with Crippen LogP contribution in [0.1, 0.15) is 38.5 Å². The zero-order valence-electron chi connectivity index (χ0n) is 11.4. The third-order valence-electron chi connectivity index (χ3n) is 2.26. The van der Waals surface area contributed by atoms with Crippen LogP contribution in [-0.2, 0) is 52.6 Å². The Morgan fingerprint density at radius 2 is 0.842 bits per heavy atom. The van der Waals surface area contributed by atoms with Crippen LogP contribution in [-0.4, -0.2) is 26.2 Å². The van der Waals surface area contributed by atoms with Gasteiger partial charge in [-0.1, -0.05) is 49.3 Å². The van der Waals surface area contributed by atoms with Crippen LogP contribution in [0.4, 0.5) is 0 Å². The Kier molecular flexibility index (Phi) is 34.2. The fourth-order valence-corrected chi connectivity index (χ4v) is 1.47. The predicted octanol–water partition coefficient (Wildman–Crippen LogP) is 3.11. The maximum Gasteiger partial charge on any atom is 0 e. The topological polar surface area (TPSA) is 75.8 Å². The first kappa shape index (κ1) is 24.3. The number of rotatable bonds is 0. The van der Waals surface area contributed by atoms with Gasteiger partial charge in [0, 0.05) is 27.3 Å². The molecule has 0 N–H and O–H groups in total. The molecular formula is C12H20CdN4S2-4.